The number of nitrogens with one attached hydrogen (secondary N) is 1. The van der Waals surface area contributed by atoms with Gasteiger partial charge in [-0.3, -0.25) is 19.2 Å². The number of benzene rings is 6. The molecule has 2 aliphatic rings. The van der Waals surface area contributed by atoms with Crippen LogP contribution >= 0.6 is 11.6 Å². The normalized spacial score (nSPS) is 13.4. The quantitative estimate of drug-likeness (QED) is 0.0915. The van der Waals surface area contributed by atoms with Crippen LogP contribution in [0.4, 0.5) is 0 Å². The summed E-state index contributed by atoms with van der Waals surface area (Å²) in [6.45, 7) is 28.9. The lowest BCUT2D eigenvalue weighted by Gasteiger charge is -2.31. The van der Waals surface area contributed by atoms with Gasteiger partial charge in [0.1, 0.15) is 11.0 Å². The number of hydrogen-bond acceptors (Lipinski definition) is 11. The number of ether oxygens (including phenoxy) is 2. The van der Waals surface area contributed by atoms with E-state index in [4.69, 9.17) is 21.1 Å². The lowest BCUT2D eigenvalue weighted by Crippen LogP contribution is -2.37. The van der Waals surface area contributed by atoms with Crippen LogP contribution in [0.2, 0.25) is 0 Å². The molecule has 0 unspecified atom stereocenters. The fourth-order valence-electron chi connectivity index (χ4n) is 11.8. The Morgan fingerprint density at radius 2 is 1.00 bits per heavy atom. The van der Waals surface area contributed by atoms with Crippen molar-refractivity contribution in [3.63, 3.8) is 0 Å². The molecule has 1 N–H and O–H groups in total. The molecule has 0 fully saturated rings. The van der Waals surface area contributed by atoms with E-state index in [0.717, 1.165) is 150 Å². The number of halogens is 1. The summed E-state index contributed by atoms with van der Waals surface area (Å²) in [6.07, 6.45) is 2.36. The molecule has 2 aliphatic heterocycles. The first kappa shape index (κ1) is 62.1. The third-order valence-electron chi connectivity index (χ3n) is 17.1. The Morgan fingerprint density at radius 3 is 1.44 bits per heavy atom. The number of esters is 2. The molecule has 2 aromatic heterocycles. The van der Waals surface area contributed by atoms with Crippen molar-refractivity contribution < 1.29 is 28.7 Å². The predicted octanol–water partition coefficient (Wildman–Crippen LogP) is 12.9. The van der Waals surface area contributed by atoms with E-state index in [2.05, 4.69) is 120 Å². The summed E-state index contributed by atoms with van der Waals surface area (Å²) in [5.41, 5.74) is 25.3. The minimum absolute atomic E-state index is 0. The number of amides is 1. The van der Waals surface area contributed by atoms with Gasteiger partial charge < -0.3 is 19.7 Å². The molecule has 1 amide bonds. The average Bonchev–Trinajstić information content (AvgIpc) is 4.26. The molecule has 0 radical (unpaired) electrons. The van der Waals surface area contributed by atoms with E-state index in [-0.39, 0.29) is 48.8 Å². The highest BCUT2D eigenvalue weighted by atomic mass is 35.5. The van der Waals surface area contributed by atoms with Gasteiger partial charge in [-0.1, -0.05) is 78.5 Å². The summed E-state index contributed by atoms with van der Waals surface area (Å²) in [5, 5.41) is 20.4. The van der Waals surface area contributed by atoms with Gasteiger partial charge in [0.15, 0.2) is 0 Å². The minimum atomic E-state index is -0.359. The van der Waals surface area contributed by atoms with E-state index >= 15 is 0 Å². The molecule has 0 spiro atoms. The zero-order chi connectivity index (χ0) is 58.6. The number of aryl methyl sites for hydroxylation is 8. The maximum Gasteiger partial charge on any atom is 0.306 e. The lowest BCUT2D eigenvalue weighted by atomic mass is 9.83. The van der Waals surface area contributed by atoms with Gasteiger partial charge in [0.25, 0.3) is 11.1 Å². The molecule has 82 heavy (non-hydrogen) atoms. The molecular weight excluding hydrogens is 1050 g/mol. The Kier molecular flexibility index (Phi) is 20.1. The average molecular weight is 1130 g/mol. The standard InChI is InChI=1S/C33H38N4O3.C22H26N4O2.C11H13ClO.CH4/c1-8-37-29-12-11-27(23(6)32(29)34-35-37)28(17-30(38)40-7)25-10-9-24-13-14-36(18-26(24)16-25)33(39)31-21(4)19(2)15-20(3)22(31)5;1-4-26-20-8-7-18(14(2)22(20)24-25-26)19(12-21(27)28-3)16-6-5-15-9-10-23-13-17(15)11-16;1-6-5-7(2)9(4)10(8(6)3)11(12)13;/h9-12,15-16,28H,8,13-14,17-18H2,1-7H3;5-8,11,19,23H,4,9-10,12-13H2,1-3H3;5H,1-4H3;1H4/t28-;19-;;/m00../s1. The largest absolute Gasteiger partial charge is 0.469 e. The molecule has 0 saturated carbocycles. The Bertz CT molecular complexity index is 3670. The monoisotopic (exact) mass is 1130 g/mol. The molecule has 0 saturated heterocycles. The molecule has 0 bridgehead atoms. The van der Waals surface area contributed by atoms with E-state index in [9.17, 15) is 19.2 Å². The molecular formula is C67H81ClN8O6. The van der Waals surface area contributed by atoms with E-state index in [0.29, 0.717) is 25.1 Å². The molecule has 10 rings (SSSR count). The zero-order valence-corrected chi connectivity index (χ0v) is 50.4. The third kappa shape index (κ3) is 12.7. The Balaban J connectivity index is 0.000000199. The van der Waals surface area contributed by atoms with Crippen molar-refractivity contribution in [1.29, 1.82) is 0 Å². The minimum Gasteiger partial charge on any atom is -0.469 e. The summed E-state index contributed by atoms with van der Waals surface area (Å²) in [4.78, 5) is 51.8. The Hall–Kier alpha value is -7.55. The van der Waals surface area contributed by atoms with Crippen molar-refractivity contribution in [2.45, 2.75) is 154 Å². The van der Waals surface area contributed by atoms with Gasteiger partial charge in [-0.25, -0.2) is 9.36 Å². The van der Waals surface area contributed by atoms with Gasteiger partial charge in [-0.2, -0.15) is 0 Å². The van der Waals surface area contributed by atoms with Crippen LogP contribution in [0, 0.1) is 69.2 Å². The van der Waals surface area contributed by atoms with Crippen LogP contribution in [0.25, 0.3) is 22.1 Å². The number of aromatic nitrogens is 6. The number of carbonyl (C=O) groups excluding carboxylic acids is 4. The summed E-state index contributed by atoms with van der Waals surface area (Å²) in [7, 11) is 2.87. The van der Waals surface area contributed by atoms with E-state index in [1.165, 1.54) is 30.9 Å². The second kappa shape index (κ2) is 26.6. The molecule has 8 aromatic rings. The first-order valence-corrected chi connectivity index (χ1v) is 28.5. The molecule has 15 heteroatoms. The highest BCUT2D eigenvalue weighted by Gasteiger charge is 2.29. The molecule has 6 aromatic carbocycles. The summed E-state index contributed by atoms with van der Waals surface area (Å²) in [5.74, 6) is -0.668. The number of methoxy groups -OCH3 is 2. The van der Waals surface area contributed by atoms with E-state index in [1.54, 1.807) is 0 Å². The van der Waals surface area contributed by atoms with Crippen LogP contribution in [0.3, 0.4) is 0 Å². The predicted molar refractivity (Wildman–Crippen MR) is 327 cm³/mol. The van der Waals surface area contributed by atoms with Crippen molar-refractivity contribution in [2.24, 2.45) is 0 Å². The Morgan fingerprint density at radius 1 is 0.561 bits per heavy atom. The number of carbonyl (C=O) groups is 4. The highest BCUT2D eigenvalue weighted by molar-refractivity contribution is 6.68. The second-order valence-electron chi connectivity index (χ2n) is 21.8. The maximum atomic E-state index is 13.8. The van der Waals surface area contributed by atoms with Crippen LogP contribution in [0.15, 0.2) is 72.8 Å². The maximum absolute atomic E-state index is 13.8. The Labute approximate surface area is 488 Å². The van der Waals surface area contributed by atoms with E-state index < -0.39 is 0 Å². The lowest BCUT2D eigenvalue weighted by molar-refractivity contribution is -0.141. The SMILES string of the molecule is C.CCn1nnc2c(C)c([C@@H](CC(=O)OC)c3ccc4c(c3)CN(C(=O)c3c(C)c(C)cc(C)c3C)CC4)ccc21.CCn1nnc2c(C)c([C@@H](CC(=O)OC)c3ccc4c(c3)CNCC4)ccc21.Cc1cc(C)c(C)c(C(=O)Cl)c1C. The molecule has 0 aliphatic carbocycles. The first-order valence-electron chi connectivity index (χ1n) is 28.1. The van der Waals surface area contributed by atoms with Gasteiger partial charge in [-0.05, 0) is 226 Å². The number of rotatable bonds is 12. The first-order chi connectivity index (χ1) is 38.7. The topological polar surface area (TPSA) is 163 Å². The highest BCUT2D eigenvalue weighted by Crippen LogP contribution is 2.38. The molecule has 2 atom stereocenters. The van der Waals surface area contributed by atoms with Crippen molar-refractivity contribution >= 4 is 56.8 Å². The van der Waals surface area contributed by atoms with Crippen LogP contribution < -0.4 is 5.32 Å². The smallest absolute Gasteiger partial charge is 0.306 e. The van der Waals surface area contributed by atoms with Crippen molar-refractivity contribution in [1.82, 2.24) is 40.2 Å². The van der Waals surface area contributed by atoms with Crippen LogP contribution in [0.5, 0.6) is 0 Å². The van der Waals surface area contributed by atoms with Crippen molar-refractivity contribution in [3.8, 4) is 0 Å². The van der Waals surface area contributed by atoms with Gasteiger partial charge in [0.2, 0.25) is 0 Å². The van der Waals surface area contributed by atoms with Crippen LogP contribution in [0.1, 0.15) is 167 Å². The molecule has 432 valence electrons. The summed E-state index contributed by atoms with van der Waals surface area (Å²) < 4.78 is 13.9. The van der Waals surface area contributed by atoms with Crippen LogP contribution in [-0.2, 0) is 58.1 Å². The molecule has 4 heterocycles. The van der Waals surface area contributed by atoms with Crippen LogP contribution in [-0.4, -0.2) is 85.3 Å². The van der Waals surface area contributed by atoms with Crippen molar-refractivity contribution in [3.05, 3.63) is 184 Å². The van der Waals surface area contributed by atoms with Gasteiger partial charge in [0.05, 0.1) is 38.1 Å². The molecule has 14 nitrogen and oxygen atoms in total. The number of hydrogen-bond donors (Lipinski definition) is 1. The van der Waals surface area contributed by atoms with Gasteiger partial charge in [-0.15, -0.1) is 10.2 Å². The second-order valence-corrected chi connectivity index (χ2v) is 22.1. The van der Waals surface area contributed by atoms with E-state index in [1.807, 2.05) is 75.7 Å². The third-order valence-corrected chi connectivity index (χ3v) is 17.3. The van der Waals surface area contributed by atoms with Gasteiger partial charge in [0, 0.05) is 55.7 Å². The summed E-state index contributed by atoms with van der Waals surface area (Å²) in [6, 6.07) is 25.6. The number of nitrogens with zero attached hydrogens (tertiary/aromatic N) is 7. The fourth-order valence-corrected chi connectivity index (χ4v) is 12.1. The zero-order valence-electron chi connectivity index (χ0n) is 49.6. The van der Waals surface area contributed by atoms with Gasteiger partial charge >= 0.3 is 11.9 Å². The fraction of sp³-hybridized carbons (Fsp3) is 0.403. The summed E-state index contributed by atoms with van der Waals surface area (Å²) >= 11 is 5.52. The number of fused-ring (bicyclic) bond motifs is 4. The van der Waals surface area contributed by atoms with Crippen molar-refractivity contribution in [2.75, 3.05) is 27.3 Å².